The van der Waals surface area contributed by atoms with Crippen LogP contribution in [0.25, 0.3) is 0 Å². The Morgan fingerprint density at radius 2 is 2.12 bits per heavy atom. The SMILES string of the molecule is CCC(CC)(CNC(=O)c1ccc(Cl)o1)SC. The van der Waals surface area contributed by atoms with Crippen molar-refractivity contribution in [1.82, 2.24) is 5.32 Å². The number of carbonyl (C=O) groups is 1. The molecule has 0 aliphatic rings. The lowest BCUT2D eigenvalue weighted by molar-refractivity contribution is 0.0921. The summed E-state index contributed by atoms with van der Waals surface area (Å²) >= 11 is 7.41. The molecule has 1 heterocycles. The van der Waals surface area contributed by atoms with E-state index in [1.54, 1.807) is 23.9 Å². The quantitative estimate of drug-likeness (QED) is 0.863. The van der Waals surface area contributed by atoms with Crippen LogP contribution in [0.2, 0.25) is 5.22 Å². The van der Waals surface area contributed by atoms with Gasteiger partial charge in [0.1, 0.15) is 0 Å². The summed E-state index contributed by atoms with van der Waals surface area (Å²) in [6.07, 6.45) is 4.11. The molecule has 0 spiro atoms. The van der Waals surface area contributed by atoms with Crippen LogP contribution in [0.1, 0.15) is 37.2 Å². The fraction of sp³-hybridized carbons (Fsp3) is 0.583. The molecular weight excluding hydrogens is 258 g/mol. The third-order valence-corrected chi connectivity index (χ3v) is 4.88. The van der Waals surface area contributed by atoms with Crippen molar-refractivity contribution < 1.29 is 9.21 Å². The maximum atomic E-state index is 11.8. The molecule has 0 atom stereocenters. The number of hydrogen-bond acceptors (Lipinski definition) is 3. The fourth-order valence-corrected chi connectivity index (χ4v) is 2.57. The average Bonchev–Trinajstić information content (AvgIpc) is 2.78. The second kappa shape index (κ2) is 6.36. The van der Waals surface area contributed by atoms with Gasteiger partial charge in [-0.15, -0.1) is 0 Å². The fourth-order valence-electron chi connectivity index (χ4n) is 1.63. The first-order chi connectivity index (χ1) is 8.06. The lowest BCUT2D eigenvalue weighted by Crippen LogP contribution is -2.39. The number of thioether (sulfide) groups is 1. The number of hydrogen-bond donors (Lipinski definition) is 1. The van der Waals surface area contributed by atoms with Crippen molar-refractivity contribution in [2.75, 3.05) is 12.8 Å². The molecule has 0 fully saturated rings. The van der Waals surface area contributed by atoms with Crippen molar-refractivity contribution in [1.29, 1.82) is 0 Å². The molecule has 1 rings (SSSR count). The summed E-state index contributed by atoms with van der Waals surface area (Å²) in [4.78, 5) is 11.8. The van der Waals surface area contributed by atoms with Gasteiger partial charge < -0.3 is 9.73 Å². The highest BCUT2D eigenvalue weighted by atomic mass is 35.5. The first-order valence-corrected chi connectivity index (χ1v) is 7.26. The Labute approximate surface area is 111 Å². The van der Waals surface area contributed by atoms with Gasteiger partial charge in [0.05, 0.1) is 0 Å². The normalized spacial score (nSPS) is 11.5. The monoisotopic (exact) mass is 275 g/mol. The standard InChI is InChI=1S/C12H18ClNO2S/c1-4-12(5-2,17-3)8-14-11(15)9-6-7-10(13)16-9/h6-7H,4-5,8H2,1-3H3,(H,14,15). The molecule has 1 amide bonds. The summed E-state index contributed by atoms with van der Waals surface area (Å²) in [6, 6.07) is 3.15. The molecular formula is C12H18ClNO2S. The Hall–Kier alpha value is -0.610. The minimum absolute atomic E-state index is 0.103. The maximum Gasteiger partial charge on any atom is 0.287 e. The van der Waals surface area contributed by atoms with E-state index in [9.17, 15) is 4.79 Å². The average molecular weight is 276 g/mol. The molecule has 3 nitrogen and oxygen atoms in total. The number of nitrogens with one attached hydrogen (secondary N) is 1. The molecule has 0 aromatic carbocycles. The van der Waals surface area contributed by atoms with Crippen LogP contribution in [0.4, 0.5) is 0 Å². The van der Waals surface area contributed by atoms with E-state index >= 15 is 0 Å². The lowest BCUT2D eigenvalue weighted by Gasteiger charge is -2.29. The van der Waals surface area contributed by atoms with Gasteiger partial charge in [-0.3, -0.25) is 4.79 Å². The van der Waals surface area contributed by atoms with E-state index in [1.165, 1.54) is 0 Å². The van der Waals surface area contributed by atoms with Gasteiger partial charge in [0, 0.05) is 11.3 Å². The molecule has 5 heteroatoms. The van der Waals surface area contributed by atoms with E-state index in [-0.39, 0.29) is 21.6 Å². The maximum absolute atomic E-state index is 11.8. The number of rotatable bonds is 6. The van der Waals surface area contributed by atoms with Gasteiger partial charge in [-0.1, -0.05) is 13.8 Å². The van der Waals surface area contributed by atoms with E-state index in [1.807, 2.05) is 0 Å². The second-order valence-corrected chi connectivity index (χ2v) is 5.53. The third kappa shape index (κ3) is 3.68. The lowest BCUT2D eigenvalue weighted by atomic mass is 10.0. The van der Waals surface area contributed by atoms with Crippen LogP contribution in [0.15, 0.2) is 16.5 Å². The number of amides is 1. The summed E-state index contributed by atoms with van der Waals surface area (Å²) in [5.41, 5.74) is 0. The molecule has 0 saturated carbocycles. The van der Waals surface area contributed by atoms with Crippen molar-refractivity contribution in [3.63, 3.8) is 0 Å². The van der Waals surface area contributed by atoms with Crippen LogP contribution in [0.3, 0.4) is 0 Å². The van der Waals surface area contributed by atoms with E-state index in [4.69, 9.17) is 16.0 Å². The molecule has 0 aliphatic heterocycles. The van der Waals surface area contributed by atoms with Gasteiger partial charge in [0.25, 0.3) is 5.91 Å². The summed E-state index contributed by atoms with van der Waals surface area (Å²) < 4.78 is 5.16. The van der Waals surface area contributed by atoms with Crippen LogP contribution >= 0.6 is 23.4 Å². The van der Waals surface area contributed by atoms with Gasteiger partial charge in [-0.05, 0) is 42.8 Å². The Kier molecular flexibility index (Phi) is 5.40. The first kappa shape index (κ1) is 14.5. The van der Waals surface area contributed by atoms with Gasteiger partial charge in [-0.2, -0.15) is 11.8 Å². The van der Waals surface area contributed by atoms with Gasteiger partial charge in [-0.25, -0.2) is 0 Å². The topological polar surface area (TPSA) is 42.2 Å². The van der Waals surface area contributed by atoms with E-state index in [2.05, 4.69) is 25.4 Å². The predicted molar refractivity (Wildman–Crippen MR) is 72.9 cm³/mol. The molecule has 17 heavy (non-hydrogen) atoms. The van der Waals surface area contributed by atoms with Crippen molar-refractivity contribution in [3.8, 4) is 0 Å². The first-order valence-electron chi connectivity index (χ1n) is 5.65. The molecule has 0 unspecified atom stereocenters. The van der Waals surface area contributed by atoms with Crippen molar-refractivity contribution in [2.24, 2.45) is 0 Å². The van der Waals surface area contributed by atoms with Gasteiger partial charge in [0.2, 0.25) is 0 Å². The van der Waals surface area contributed by atoms with E-state index < -0.39 is 0 Å². The zero-order valence-electron chi connectivity index (χ0n) is 10.4. The largest absolute Gasteiger partial charge is 0.440 e. The third-order valence-electron chi connectivity index (χ3n) is 3.09. The van der Waals surface area contributed by atoms with Crippen LogP contribution in [0, 0.1) is 0 Å². The molecule has 96 valence electrons. The molecule has 0 bridgehead atoms. The van der Waals surface area contributed by atoms with Crippen molar-refractivity contribution in [3.05, 3.63) is 23.1 Å². The molecule has 1 aromatic heterocycles. The highest BCUT2D eigenvalue weighted by Gasteiger charge is 2.26. The summed E-state index contributed by atoms with van der Waals surface area (Å²) in [7, 11) is 0. The smallest absolute Gasteiger partial charge is 0.287 e. The highest BCUT2D eigenvalue weighted by molar-refractivity contribution is 8.00. The highest BCUT2D eigenvalue weighted by Crippen LogP contribution is 2.29. The predicted octanol–water partition coefficient (Wildman–Crippen LogP) is 3.58. The van der Waals surface area contributed by atoms with Gasteiger partial charge in [0.15, 0.2) is 11.0 Å². The van der Waals surface area contributed by atoms with Crippen LogP contribution < -0.4 is 5.32 Å². The summed E-state index contributed by atoms with van der Waals surface area (Å²) in [5.74, 6) is 0.0504. The minimum Gasteiger partial charge on any atom is -0.440 e. The van der Waals surface area contributed by atoms with E-state index in [0.29, 0.717) is 6.54 Å². The van der Waals surface area contributed by atoms with Crippen LogP contribution in [0.5, 0.6) is 0 Å². The number of halogens is 1. The number of furan rings is 1. The van der Waals surface area contributed by atoms with E-state index in [0.717, 1.165) is 12.8 Å². The zero-order valence-corrected chi connectivity index (χ0v) is 12.0. The minimum atomic E-state index is -0.211. The van der Waals surface area contributed by atoms with Crippen molar-refractivity contribution >= 4 is 29.3 Å². The second-order valence-electron chi connectivity index (χ2n) is 3.88. The Morgan fingerprint density at radius 3 is 2.53 bits per heavy atom. The zero-order chi connectivity index (χ0) is 12.9. The summed E-state index contributed by atoms with van der Waals surface area (Å²) in [5, 5.41) is 3.13. The molecule has 0 aliphatic carbocycles. The Bertz CT molecular complexity index is 366. The van der Waals surface area contributed by atoms with Gasteiger partial charge >= 0.3 is 0 Å². The molecule has 1 aromatic rings. The molecule has 0 saturated heterocycles. The Balaban J connectivity index is 2.58. The Morgan fingerprint density at radius 1 is 1.47 bits per heavy atom. The molecule has 0 radical (unpaired) electrons. The summed E-state index contributed by atoms with van der Waals surface area (Å²) in [6.45, 7) is 4.91. The van der Waals surface area contributed by atoms with Crippen molar-refractivity contribution in [2.45, 2.75) is 31.4 Å². The van der Waals surface area contributed by atoms with Crippen LogP contribution in [-0.4, -0.2) is 23.5 Å². The molecule has 1 N–H and O–H groups in total. The van der Waals surface area contributed by atoms with Crippen LogP contribution in [-0.2, 0) is 0 Å². The number of carbonyl (C=O) groups excluding carboxylic acids is 1.